The van der Waals surface area contributed by atoms with Gasteiger partial charge in [0.05, 0.1) is 0 Å². The van der Waals surface area contributed by atoms with Crippen LogP contribution in [0.15, 0.2) is 60.7 Å². The fourth-order valence-electron chi connectivity index (χ4n) is 2.41. The molecule has 0 aliphatic carbocycles. The number of hydrogen-bond acceptors (Lipinski definition) is 3. The summed E-state index contributed by atoms with van der Waals surface area (Å²) in [7, 11) is -2.16. The van der Waals surface area contributed by atoms with Crippen LogP contribution in [0.25, 0.3) is 0 Å². The molecule has 0 aliphatic heterocycles. The van der Waals surface area contributed by atoms with Crippen molar-refractivity contribution in [2.75, 3.05) is 0 Å². The topological polar surface area (TPSA) is 43.7 Å². The van der Waals surface area contributed by atoms with Gasteiger partial charge < -0.3 is 9.79 Å². The Morgan fingerprint density at radius 3 is 1.40 bits per heavy atom. The number of hydrogen-bond donors (Lipinski definition) is 2. The Kier molecular flexibility index (Phi) is 5.27. The third-order valence-corrected chi connectivity index (χ3v) is 4.67. The minimum atomic E-state index is -2.16. The van der Waals surface area contributed by atoms with E-state index < -0.39 is 8.53 Å². The number of rotatable bonds is 5. The molecule has 0 saturated carbocycles. The highest BCUT2D eigenvalue weighted by atomic mass is 31.2. The molecule has 0 heterocycles. The molecule has 0 fully saturated rings. The Morgan fingerprint density at radius 1 is 0.750 bits per heavy atom. The zero-order valence-corrected chi connectivity index (χ0v) is 12.6. The van der Waals surface area contributed by atoms with Gasteiger partial charge in [-0.1, -0.05) is 60.7 Å². The van der Waals surface area contributed by atoms with Crippen molar-refractivity contribution >= 4 is 8.53 Å². The first-order chi connectivity index (χ1) is 9.61. The summed E-state index contributed by atoms with van der Waals surface area (Å²) < 4.78 is 1.75. The SMILES string of the molecule is C[C@@H](c1ccccc1)N([C@@H](C)c1ccccc1)P(O)O. The van der Waals surface area contributed by atoms with E-state index in [0.717, 1.165) is 11.1 Å². The maximum absolute atomic E-state index is 9.82. The molecular formula is C16H20NO2P. The summed E-state index contributed by atoms with van der Waals surface area (Å²) in [4.78, 5) is 19.6. The minimum absolute atomic E-state index is 0.0625. The zero-order valence-electron chi connectivity index (χ0n) is 11.7. The lowest BCUT2D eigenvalue weighted by molar-refractivity contribution is 0.240. The molecule has 0 saturated heterocycles. The molecule has 2 aromatic carbocycles. The normalized spacial score (nSPS) is 14.5. The molecule has 0 bridgehead atoms. The van der Waals surface area contributed by atoms with Crippen LogP contribution in [-0.2, 0) is 0 Å². The van der Waals surface area contributed by atoms with Gasteiger partial charge in [0, 0.05) is 12.1 Å². The Labute approximate surface area is 121 Å². The van der Waals surface area contributed by atoms with Crippen molar-refractivity contribution in [3.05, 3.63) is 71.8 Å². The Hall–Kier alpha value is -1.25. The van der Waals surface area contributed by atoms with Crippen LogP contribution in [0.4, 0.5) is 0 Å². The Morgan fingerprint density at radius 2 is 1.10 bits per heavy atom. The van der Waals surface area contributed by atoms with Crippen LogP contribution in [0.5, 0.6) is 0 Å². The van der Waals surface area contributed by atoms with Crippen molar-refractivity contribution in [2.24, 2.45) is 0 Å². The average molecular weight is 289 g/mol. The maximum Gasteiger partial charge on any atom is 0.254 e. The molecule has 0 amide bonds. The third kappa shape index (κ3) is 3.44. The third-order valence-electron chi connectivity index (χ3n) is 3.56. The van der Waals surface area contributed by atoms with Crippen LogP contribution in [0, 0.1) is 0 Å². The highest BCUT2D eigenvalue weighted by Gasteiger charge is 2.28. The van der Waals surface area contributed by atoms with Gasteiger partial charge in [0.1, 0.15) is 0 Å². The average Bonchev–Trinajstić information content (AvgIpc) is 2.48. The van der Waals surface area contributed by atoms with Gasteiger partial charge in [0.25, 0.3) is 8.53 Å². The molecule has 0 spiro atoms. The summed E-state index contributed by atoms with van der Waals surface area (Å²) in [5.74, 6) is 0. The van der Waals surface area contributed by atoms with Gasteiger partial charge in [-0.3, -0.25) is 0 Å². The van der Waals surface area contributed by atoms with Crippen LogP contribution in [0.1, 0.15) is 37.1 Å². The number of nitrogens with zero attached hydrogens (tertiary/aromatic N) is 1. The number of benzene rings is 2. The van der Waals surface area contributed by atoms with E-state index in [0.29, 0.717) is 0 Å². The van der Waals surface area contributed by atoms with E-state index in [1.54, 1.807) is 4.67 Å². The van der Waals surface area contributed by atoms with Gasteiger partial charge in [0.2, 0.25) is 0 Å². The van der Waals surface area contributed by atoms with Gasteiger partial charge in [-0.15, -0.1) is 0 Å². The summed E-state index contributed by atoms with van der Waals surface area (Å²) in [6, 6.07) is 19.7. The van der Waals surface area contributed by atoms with Gasteiger partial charge in [0.15, 0.2) is 0 Å². The van der Waals surface area contributed by atoms with Crippen LogP contribution in [0.3, 0.4) is 0 Å². The standard InChI is InChI=1S/C16H20NO2P/c1-13(15-9-5-3-6-10-15)17(20(18)19)14(2)16-11-7-4-8-12-16/h3-14,18-19H,1-2H3/t13-,14-/m0/s1. The molecule has 0 aromatic heterocycles. The van der Waals surface area contributed by atoms with Crippen LogP contribution in [-0.4, -0.2) is 14.5 Å². The van der Waals surface area contributed by atoms with Gasteiger partial charge in [-0.25, -0.2) is 4.67 Å². The summed E-state index contributed by atoms with van der Waals surface area (Å²) >= 11 is 0. The van der Waals surface area contributed by atoms with E-state index in [1.165, 1.54) is 0 Å². The lowest BCUT2D eigenvalue weighted by Gasteiger charge is -2.35. The maximum atomic E-state index is 9.82. The van der Waals surface area contributed by atoms with Crippen molar-refractivity contribution in [3.8, 4) is 0 Å². The molecule has 4 heteroatoms. The molecule has 2 N–H and O–H groups in total. The quantitative estimate of drug-likeness (QED) is 0.817. The van der Waals surface area contributed by atoms with Crippen LogP contribution >= 0.6 is 8.53 Å². The lowest BCUT2D eigenvalue weighted by Crippen LogP contribution is -2.25. The summed E-state index contributed by atoms with van der Waals surface area (Å²) in [5.41, 5.74) is 2.15. The molecule has 20 heavy (non-hydrogen) atoms. The van der Waals surface area contributed by atoms with Gasteiger partial charge in [-0.05, 0) is 25.0 Å². The highest BCUT2D eigenvalue weighted by molar-refractivity contribution is 7.42. The molecule has 0 unspecified atom stereocenters. The summed E-state index contributed by atoms with van der Waals surface area (Å²) in [6.45, 7) is 3.99. The molecule has 2 rings (SSSR count). The van der Waals surface area contributed by atoms with Crippen molar-refractivity contribution in [2.45, 2.75) is 25.9 Å². The first-order valence-electron chi connectivity index (χ1n) is 6.67. The first-order valence-corrected chi connectivity index (χ1v) is 7.87. The molecule has 3 nitrogen and oxygen atoms in total. The van der Waals surface area contributed by atoms with Gasteiger partial charge in [-0.2, -0.15) is 0 Å². The predicted molar refractivity (Wildman–Crippen MR) is 82.9 cm³/mol. The molecule has 2 aromatic rings. The van der Waals surface area contributed by atoms with E-state index >= 15 is 0 Å². The van der Waals surface area contributed by atoms with E-state index in [-0.39, 0.29) is 12.1 Å². The summed E-state index contributed by atoms with van der Waals surface area (Å²) in [6.07, 6.45) is 0. The van der Waals surface area contributed by atoms with Crippen molar-refractivity contribution in [1.82, 2.24) is 4.67 Å². The predicted octanol–water partition coefficient (Wildman–Crippen LogP) is 4.02. The lowest BCUT2D eigenvalue weighted by atomic mass is 10.0. The van der Waals surface area contributed by atoms with Crippen LogP contribution in [0.2, 0.25) is 0 Å². The van der Waals surface area contributed by atoms with E-state index in [2.05, 4.69) is 0 Å². The monoisotopic (exact) mass is 289 g/mol. The largest absolute Gasteiger partial charge is 0.338 e. The molecule has 2 atom stereocenters. The van der Waals surface area contributed by atoms with Crippen molar-refractivity contribution in [1.29, 1.82) is 0 Å². The van der Waals surface area contributed by atoms with Crippen molar-refractivity contribution in [3.63, 3.8) is 0 Å². The minimum Gasteiger partial charge on any atom is -0.338 e. The first kappa shape index (κ1) is 15.1. The molecule has 0 aliphatic rings. The smallest absolute Gasteiger partial charge is 0.254 e. The van der Waals surface area contributed by atoms with Gasteiger partial charge >= 0.3 is 0 Å². The van der Waals surface area contributed by atoms with Crippen LogP contribution < -0.4 is 0 Å². The molecule has 0 radical (unpaired) electrons. The highest BCUT2D eigenvalue weighted by Crippen LogP contribution is 2.45. The molecule has 106 valence electrons. The zero-order chi connectivity index (χ0) is 14.5. The summed E-state index contributed by atoms with van der Waals surface area (Å²) in [5, 5.41) is 0. The van der Waals surface area contributed by atoms with E-state index in [4.69, 9.17) is 0 Å². The second-order valence-corrected chi connectivity index (χ2v) is 5.82. The second-order valence-electron chi connectivity index (χ2n) is 4.82. The Bertz CT molecular complexity index is 473. The fourth-order valence-corrected chi connectivity index (χ4v) is 3.30. The Balaban J connectivity index is 2.28. The second kappa shape index (κ2) is 6.96. The fraction of sp³-hybridized carbons (Fsp3) is 0.250. The van der Waals surface area contributed by atoms with E-state index in [9.17, 15) is 9.79 Å². The molecular weight excluding hydrogens is 269 g/mol. The van der Waals surface area contributed by atoms with Crippen molar-refractivity contribution < 1.29 is 9.79 Å². The van der Waals surface area contributed by atoms with E-state index in [1.807, 2.05) is 74.5 Å².